The Morgan fingerprint density at radius 3 is 2.48 bits per heavy atom. The quantitative estimate of drug-likeness (QED) is 0.720. The molecular weight excluding hydrogens is 395 g/mol. The van der Waals surface area contributed by atoms with Crippen molar-refractivity contribution in [3.63, 3.8) is 0 Å². The average molecular weight is 421 g/mol. The SMILES string of the molecule is C[C@@H]1C[C@@H]1c1ccc(CCC(=O)N2CCN(S(=O)(=O)c3ccccc3F)CC2)o1. The number of benzene rings is 1. The van der Waals surface area contributed by atoms with Crippen LogP contribution in [0.2, 0.25) is 0 Å². The van der Waals surface area contributed by atoms with Crippen LogP contribution < -0.4 is 0 Å². The lowest BCUT2D eigenvalue weighted by molar-refractivity contribution is -0.132. The molecule has 1 amide bonds. The Morgan fingerprint density at radius 2 is 1.83 bits per heavy atom. The van der Waals surface area contributed by atoms with Gasteiger partial charge in [0, 0.05) is 44.9 Å². The average Bonchev–Trinajstić information content (AvgIpc) is 3.25. The minimum absolute atomic E-state index is 0.0225. The van der Waals surface area contributed by atoms with E-state index in [2.05, 4.69) is 6.92 Å². The van der Waals surface area contributed by atoms with E-state index >= 15 is 0 Å². The monoisotopic (exact) mass is 420 g/mol. The summed E-state index contributed by atoms with van der Waals surface area (Å²) in [6, 6.07) is 9.30. The second-order valence-electron chi connectivity index (χ2n) is 7.84. The maximum Gasteiger partial charge on any atom is 0.246 e. The topological polar surface area (TPSA) is 70.8 Å². The summed E-state index contributed by atoms with van der Waals surface area (Å²) in [5.41, 5.74) is 0. The third-order valence-electron chi connectivity index (χ3n) is 5.79. The summed E-state index contributed by atoms with van der Waals surface area (Å²) in [7, 11) is -3.90. The van der Waals surface area contributed by atoms with Gasteiger partial charge in [-0.1, -0.05) is 19.1 Å². The van der Waals surface area contributed by atoms with Gasteiger partial charge in [-0.05, 0) is 36.6 Å². The standard InChI is InChI=1S/C21H25FN2O4S/c1-15-14-17(15)19-8-6-16(28-19)7-9-21(25)23-10-12-24(13-11-23)29(26,27)20-5-3-2-4-18(20)22/h2-6,8,15,17H,7,9-14H2,1H3/t15-,17+/m1/s1. The molecule has 0 radical (unpaired) electrons. The zero-order valence-electron chi connectivity index (χ0n) is 16.4. The van der Waals surface area contributed by atoms with Gasteiger partial charge in [0.15, 0.2) is 0 Å². The highest BCUT2D eigenvalue weighted by Crippen LogP contribution is 2.47. The number of hydrogen-bond donors (Lipinski definition) is 0. The molecule has 1 aromatic heterocycles. The Hall–Kier alpha value is -2.19. The van der Waals surface area contributed by atoms with Gasteiger partial charge in [0.1, 0.15) is 22.2 Å². The second kappa shape index (κ2) is 7.91. The van der Waals surface area contributed by atoms with E-state index in [4.69, 9.17) is 4.42 Å². The zero-order chi connectivity index (χ0) is 20.6. The summed E-state index contributed by atoms with van der Waals surface area (Å²) in [4.78, 5) is 13.9. The number of nitrogens with zero attached hydrogens (tertiary/aromatic N) is 2. The van der Waals surface area contributed by atoms with Crippen LogP contribution in [-0.2, 0) is 21.2 Å². The van der Waals surface area contributed by atoms with Crippen molar-refractivity contribution in [2.24, 2.45) is 5.92 Å². The number of carbonyl (C=O) groups excluding carboxylic acids is 1. The molecule has 2 aliphatic rings. The molecule has 0 bridgehead atoms. The normalized spacial score (nSPS) is 22.6. The summed E-state index contributed by atoms with van der Waals surface area (Å²) < 4.78 is 46.3. The number of amides is 1. The molecule has 1 saturated heterocycles. The molecule has 0 spiro atoms. The van der Waals surface area contributed by atoms with Crippen LogP contribution in [0.5, 0.6) is 0 Å². The van der Waals surface area contributed by atoms with Crippen molar-refractivity contribution in [1.29, 1.82) is 0 Å². The van der Waals surface area contributed by atoms with Crippen LogP contribution in [0.3, 0.4) is 0 Å². The lowest BCUT2D eigenvalue weighted by atomic mass is 10.2. The first-order chi connectivity index (χ1) is 13.9. The van der Waals surface area contributed by atoms with E-state index in [1.807, 2.05) is 12.1 Å². The Labute approximate surface area is 170 Å². The fraction of sp³-hybridized carbons (Fsp3) is 0.476. The van der Waals surface area contributed by atoms with E-state index in [0.717, 1.165) is 24.0 Å². The number of sulfonamides is 1. The lowest BCUT2D eigenvalue weighted by Crippen LogP contribution is -2.50. The predicted octanol–water partition coefficient (Wildman–Crippen LogP) is 3.01. The molecule has 156 valence electrons. The predicted molar refractivity (Wildman–Crippen MR) is 105 cm³/mol. The van der Waals surface area contributed by atoms with Gasteiger partial charge in [-0.3, -0.25) is 4.79 Å². The molecule has 1 aliphatic heterocycles. The summed E-state index contributed by atoms with van der Waals surface area (Å²) in [6.07, 6.45) is 2.02. The van der Waals surface area contributed by atoms with E-state index in [1.165, 1.54) is 22.5 Å². The van der Waals surface area contributed by atoms with E-state index < -0.39 is 15.8 Å². The molecule has 1 aliphatic carbocycles. The molecule has 2 atom stereocenters. The van der Waals surface area contributed by atoms with Gasteiger partial charge in [-0.2, -0.15) is 4.31 Å². The minimum atomic E-state index is -3.90. The number of hydrogen-bond acceptors (Lipinski definition) is 4. The van der Waals surface area contributed by atoms with E-state index in [0.29, 0.717) is 37.8 Å². The molecule has 2 aromatic rings. The Kier molecular flexibility index (Phi) is 5.48. The second-order valence-corrected chi connectivity index (χ2v) is 9.75. The smallest absolute Gasteiger partial charge is 0.246 e. The van der Waals surface area contributed by atoms with Gasteiger partial charge < -0.3 is 9.32 Å². The molecule has 2 heterocycles. The van der Waals surface area contributed by atoms with Crippen LogP contribution in [0.1, 0.15) is 37.2 Å². The van der Waals surface area contributed by atoms with Gasteiger partial charge >= 0.3 is 0 Å². The summed E-state index contributed by atoms with van der Waals surface area (Å²) in [6.45, 7) is 3.12. The van der Waals surface area contributed by atoms with Crippen LogP contribution in [0, 0.1) is 11.7 Å². The van der Waals surface area contributed by atoms with Crippen molar-refractivity contribution < 1.29 is 22.0 Å². The first-order valence-corrected chi connectivity index (χ1v) is 11.4. The fourth-order valence-corrected chi connectivity index (χ4v) is 5.29. The molecule has 4 rings (SSSR count). The molecule has 8 heteroatoms. The Morgan fingerprint density at radius 1 is 1.14 bits per heavy atom. The van der Waals surface area contributed by atoms with Crippen molar-refractivity contribution >= 4 is 15.9 Å². The van der Waals surface area contributed by atoms with Crippen LogP contribution in [-0.4, -0.2) is 49.7 Å². The fourth-order valence-electron chi connectivity index (χ4n) is 3.81. The Bertz CT molecular complexity index is 996. The highest BCUT2D eigenvalue weighted by molar-refractivity contribution is 7.89. The van der Waals surface area contributed by atoms with E-state index in [1.54, 1.807) is 4.90 Å². The van der Waals surface area contributed by atoms with Crippen molar-refractivity contribution in [3.05, 3.63) is 53.7 Å². The molecular formula is C21H25FN2O4S. The largest absolute Gasteiger partial charge is 0.466 e. The number of aryl methyl sites for hydroxylation is 1. The van der Waals surface area contributed by atoms with Gasteiger partial charge in [-0.15, -0.1) is 0 Å². The molecule has 29 heavy (non-hydrogen) atoms. The third-order valence-corrected chi connectivity index (χ3v) is 7.72. The van der Waals surface area contributed by atoms with Crippen molar-refractivity contribution in [3.8, 4) is 0 Å². The number of furan rings is 1. The van der Waals surface area contributed by atoms with Gasteiger partial charge in [-0.25, -0.2) is 12.8 Å². The number of carbonyl (C=O) groups is 1. The van der Waals surface area contributed by atoms with Gasteiger partial charge in [0.2, 0.25) is 15.9 Å². The minimum Gasteiger partial charge on any atom is -0.466 e. The Balaban J connectivity index is 1.29. The van der Waals surface area contributed by atoms with Crippen LogP contribution in [0.15, 0.2) is 45.7 Å². The molecule has 2 fully saturated rings. The zero-order valence-corrected chi connectivity index (χ0v) is 17.2. The highest BCUT2D eigenvalue weighted by atomic mass is 32.2. The van der Waals surface area contributed by atoms with E-state index in [9.17, 15) is 17.6 Å². The summed E-state index contributed by atoms with van der Waals surface area (Å²) in [5.74, 6) is 2.23. The highest BCUT2D eigenvalue weighted by Gasteiger charge is 2.36. The van der Waals surface area contributed by atoms with Crippen molar-refractivity contribution in [2.45, 2.75) is 37.0 Å². The number of rotatable bonds is 6. The van der Waals surface area contributed by atoms with Crippen LogP contribution >= 0.6 is 0 Å². The maximum atomic E-state index is 13.9. The molecule has 0 N–H and O–H groups in total. The van der Waals surface area contributed by atoms with E-state index in [-0.39, 0.29) is 23.9 Å². The molecule has 0 unspecified atom stereocenters. The summed E-state index contributed by atoms with van der Waals surface area (Å²) in [5, 5.41) is 0. The van der Waals surface area contributed by atoms with Gasteiger partial charge in [0.25, 0.3) is 0 Å². The lowest BCUT2D eigenvalue weighted by Gasteiger charge is -2.34. The number of piperazine rings is 1. The van der Waals surface area contributed by atoms with Crippen molar-refractivity contribution in [1.82, 2.24) is 9.21 Å². The maximum absolute atomic E-state index is 13.9. The molecule has 6 nitrogen and oxygen atoms in total. The first kappa shape index (κ1) is 20.1. The van der Waals surface area contributed by atoms with Crippen LogP contribution in [0.25, 0.3) is 0 Å². The third kappa shape index (κ3) is 4.23. The van der Waals surface area contributed by atoms with Gasteiger partial charge in [0.05, 0.1) is 0 Å². The van der Waals surface area contributed by atoms with Crippen molar-refractivity contribution in [2.75, 3.05) is 26.2 Å². The molecule has 1 aromatic carbocycles. The first-order valence-electron chi connectivity index (χ1n) is 9.97. The molecule has 1 saturated carbocycles. The van der Waals surface area contributed by atoms with Crippen LogP contribution in [0.4, 0.5) is 4.39 Å². The number of halogens is 1. The summed E-state index contributed by atoms with van der Waals surface area (Å²) >= 11 is 0.